The Morgan fingerprint density at radius 3 is 2.55 bits per heavy atom. The highest BCUT2D eigenvalue weighted by Gasteiger charge is 2.35. The molecule has 0 N–H and O–H groups in total. The van der Waals surface area contributed by atoms with Crippen molar-refractivity contribution >= 4 is 12.3 Å². The van der Waals surface area contributed by atoms with Gasteiger partial charge in [0, 0.05) is 0 Å². The molecule has 0 aromatic heterocycles. The Morgan fingerprint density at radius 1 is 1.45 bits per heavy atom. The molecule has 1 rings (SSSR count). The third kappa shape index (κ3) is 3.47. The number of carbonyl (C=O) groups excluding carboxylic acids is 2. The second-order valence-electron chi connectivity index (χ2n) is 3.40. The number of esters is 1. The Bertz CT molecular complexity index is 575. The van der Waals surface area contributed by atoms with Crippen LogP contribution in [0.1, 0.15) is 33.2 Å². The summed E-state index contributed by atoms with van der Waals surface area (Å²) in [4.78, 5) is 22.4. The number of carbonyl (C=O) groups is 2. The van der Waals surface area contributed by atoms with Gasteiger partial charge in [-0.3, -0.25) is 4.79 Å². The van der Waals surface area contributed by atoms with E-state index in [0.29, 0.717) is 0 Å². The van der Waals surface area contributed by atoms with Crippen LogP contribution in [0.5, 0.6) is 5.75 Å². The standard InChI is InChI=1S/C12H8F3NO4/c1-2-19-11(18)9-7(5-16)3-4-8(6-17)10(9)20-12(13,14)15/h3-4,6H,2H2,1H3. The average Bonchev–Trinajstić information content (AvgIpc) is 2.36. The molecule has 106 valence electrons. The van der Waals surface area contributed by atoms with Gasteiger partial charge in [0.25, 0.3) is 0 Å². The quantitative estimate of drug-likeness (QED) is 0.628. The summed E-state index contributed by atoms with van der Waals surface area (Å²) in [7, 11) is 0. The number of halogens is 3. The molecule has 5 nitrogen and oxygen atoms in total. The normalized spacial score (nSPS) is 10.6. The highest BCUT2D eigenvalue weighted by molar-refractivity contribution is 5.98. The Labute approximate surface area is 111 Å². The van der Waals surface area contributed by atoms with Crippen LogP contribution in [-0.4, -0.2) is 25.2 Å². The van der Waals surface area contributed by atoms with E-state index < -0.39 is 29.2 Å². The summed E-state index contributed by atoms with van der Waals surface area (Å²) in [5.41, 5.74) is -1.62. The Hall–Kier alpha value is -2.56. The van der Waals surface area contributed by atoms with Crippen LogP contribution in [0.2, 0.25) is 0 Å². The van der Waals surface area contributed by atoms with Crippen molar-refractivity contribution in [1.29, 1.82) is 5.26 Å². The lowest BCUT2D eigenvalue weighted by Crippen LogP contribution is -2.21. The Balaban J connectivity index is 3.53. The second-order valence-corrected chi connectivity index (χ2v) is 3.40. The smallest absolute Gasteiger partial charge is 0.462 e. The zero-order chi connectivity index (χ0) is 15.3. The number of rotatable bonds is 4. The van der Waals surface area contributed by atoms with Gasteiger partial charge in [-0.2, -0.15) is 5.26 Å². The van der Waals surface area contributed by atoms with E-state index in [1.807, 2.05) is 0 Å². The lowest BCUT2D eigenvalue weighted by atomic mass is 10.0. The first-order valence-corrected chi connectivity index (χ1v) is 5.29. The predicted molar refractivity (Wildman–Crippen MR) is 59.2 cm³/mol. The molecule has 0 radical (unpaired) electrons. The van der Waals surface area contributed by atoms with Crippen LogP contribution < -0.4 is 4.74 Å². The molecular weight excluding hydrogens is 279 g/mol. The van der Waals surface area contributed by atoms with Crippen molar-refractivity contribution in [2.45, 2.75) is 13.3 Å². The third-order valence-corrected chi connectivity index (χ3v) is 2.13. The van der Waals surface area contributed by atoms with Gasteiger partial charge in [0.2, 0.25) is 0 Å². The minimum absolute atomic E-state index is 0.0882. The monoisotopic (exact) mass is 287 g/mol. The van der Waals surface area contributed by atoms with E-state index in [-0.39, 0.29) is 18.5 Å². The molecule has 0 aliphatic carbocycles. The number of ether oxygens (including phenoxy) is 2. The molecule has 0 atom stereocenters. The number of alkyl halides is 3. The lowest BCUT2D eigenvalue weighted by molar-refractivity contribution is -0.274. The Morgan fingerprint density at radius 2 is 2.10 bits per heavy atom. The van der Waals surface area contributed by atoms with Crippen LogP contribution in [0.3, 0.4) is 0 Å². The summed E-state index contributed by atoms with van der Waals surface area (Å²) < 4.78 is 45.3. The van der Waals surface area contributed by atoms with Gasteiger partial charge in [-0.25, -0.2) is 4.79 Å². The summed E-state index contributed by atoms with van der Waals surface area (Å²) in [6, 6.07) is 3.54. The van der Waals surface area contributed by atoms with Crippen molar-refractivity contribution in [1.82, 2.24) is 0 Å². The molecule has 0 saturated heterocycles. The number of hydrogen-bond acceptors (Lipinski definition) is 5. The van der Waals surface area contributed by atoms with Gasteiger partial charge >= 0.3 is 12.3 Å². The van der Waals surface area contributed by atoms with Crippen LogP contribution in [0.4, 0.5) is 13.2 Å². The topological polar surface area (TPSA) is 76.4 Å². The van der Waals surface area contributed by atoms with Crippen LogP contribution in [0.25, 0.3) is 0 Å². The third-order valence-electron chi connectivity index (χ3n) is 2.13. The van der Waals surface area contributed by atoms with Gasteiger partial charge in [-0.15, -0.1) is 13.2 Å². The van der Waals surface area contributed by atoms with E-state index in [4.69, 9.17) is 5.26 Å². The van der Waals surface area contributed by atoms with Crippen molar-refractivity contribution < 1.29 is 32.2 Å². The fourth-order valence-electron chi connectivity index (χ4n) is 1.42. The zero-order valence-electron chi connectivity index (χ0n) is 10.2. The van der Waals surface area contributed by atoms with Crippen LogP contribution in [0.15, 0.2) is 12.1 Å². The summed E-state index contributed by atoms with van der Waals surface area (Å²) in [5.74, 6) is -2.21. The molecule has 0 aliphatic rings. The molecule has 0 heterocycles. The van der Waals surface area contributed by atoms with Gasteiger partial charge in [0.1, 0.15) is 11.6 Å². The molecule has 0 amide bonds. The van der Waals surface area contributed by atoms with E-state index >= 15 is 0 Å². The van der Waals surface area contributed by atoms with Crippen LogP contribution in [-0.2, 0) is 4.74 Å². The van der Waals surface area contributed by atoms with E-state index in [2.05, 4.69) is 9.47 Å². The van der Waals surface area contributed by atoms with E-state index in [1.54, 1.807) is 6.07 Å². The molecule has 0 unspecified atom stereocenters. The highest BCUT2D eigenvalue weighted by Crippen LogP contribution is 2.32. The van der Waals surface area contributed by atoms with Crippen molar-refractivity contribution in [3.8, 4) is 11.8 Å². The molecule has 1 aromatic rings. The summed E-state index contributed by atoms with van der Waals surface area (Å²) >= 11 is 0. The van der Waals surface area contributed by atoms with Crippen LogP contribution in [0, 0.1) is 11.3 Å². The molecule has 0 fully saturated rings. The van der Waals surface area contributed by atoms with E-state index in [9.17, 15) is 22.8 Å². The first kappa shape index (κ1) is 15.5. The van der Waals surface area contributed by atoms with Gasteiger partial charge in [-0.1, -0.05) is 0 Å². The van der Waals surface area contributed by atoms with Crippen molar-refractivity contribution in [3.63, 3.8) is 0 Å². The number of benzene rings is 1. The minimum atomic E-state index is -5.12. The average molecular weight is 287 g/mol. The summed E-state index contributed by atoms with van der Waals surface area (Å²) in [6.07, 6.45) is -5.03. The van der Waals surface area contributed by atoms with Gasteiger partial charge in [-0.05, 0) is 19.1 Å². The maximum atomic E-state index is 12.3. The molecular formula is C12H8F3NO4. The number of aldehydes is 1. The second kappa shape index (κ2) is 6.06. The SMILES string of the molecule is CCOC(=O)c1c(C#N)ccc(C=O)c1OC(F)(F)F. The molecule has 1 aromatic carbocycles. The van der Waals surface area contributed by atoms with Gasteiger partial charge < -0.3 is 9.47 Å². The summed E-state index contributed by atoms with van der Waals surface area (Å²) in [5, 5.41) is 8.84. The fraction of sp³-hybridized carbons (Fsp3) is 0.250. The number of hydrogen-bond donors (Lipinski definition) is 0. The first-order valence-electron chi connectivity index (χ1n) is 5.29. The van der Waals surface area contributed by atoms with Gasteiger partial charge in [0.05, 0.1) is 17.7 Å². The molecule has 0 aliphatic heterocycles. The van der Waals surface area contributed by atoms with Gasteiger partial charge in [0.15, 0.2) is 12.0 Å². The van der Waals surface area contributed by atoms with Crippen molar-refractivity contribution in [3.05, 3.63) is 28.8 Å². The summed E-state index contributed by atoms with van der Waals surface area (Å²) in [6.45, 7) is 1.33. The van der Waals surface area contributed by atoms with Crippen molar-refractivity contribution in [2.24, 2.45) is 0 Å². The highest BCUT2D eigenvalue weighted by atomic mass is 19.4. The largest absolute Gasteiger partial charge is 0.573 e. The number of nitrogens with zero attached hydrogens (tertiary/aromatic N) is 1. The molecule has 0 bridgehead atoms. The minimum Gasteiger partial charge on any atom is -0.462 e. The molecule has 0 spiro atoms. The van der Waals surface area contributed by atoms with Crippen LogP contribution >= 0.6 is 0 Å². The van der Waals surface area contributed by atoms with E-state index in [1.165, 1.54) is 6.92 Å². The Kier molecular flexibility index (Phi) is 4.69. The number of nitriles is 1. The fourth-order valence-corrected chi connectivity index (χ4v) is 1.42. The van der Waals surface area contributed by atoms with E-state index in [0.717, 1.165) is 12.1 Å². The molecule has 0 saturated carbocycles. The first-order chi connectivity index (χ1) is 9.34. The molecule has 8 heteroatoms. The van der Waals surface area contributed by atoms with Crippen molar-refractivity contribution in [2.75, 3.05) is 6.61 Å². The lowest BCUT2D eigenvalue weighted by Gasteiger charge is -2.15. The maximum Gasteiger partial charge on any atom is 0.573 e. The molecule has 20 heavy (non-hydrogen) atoms. The zero-order valence-corrected chi connectivity index (χ0v) is 10.2. The maximum absolute atomic E-state index is 12.3. The predicted octanol–water partition coefficient (Wildman–Crippen LogP) is 2.45.